The molecule has 0 heterocycles. The SMILES string of the molecule is O=C(NC(CCO)C1CC1)c1cccc(Cl)c1F. The van der Waals surface area contributed by atoms with Crippen LogP contribution in [0.3, 0.4) is 0 Å². The molecule has 1 fully saturated rings. The number of hydrogen-bond donors (Lipinski definition) is 2. The second kappa shape index (κ2) is 5.67. The zero-order valence-corrected chi connectivity index (χ0v) is 10.6. The summed E-state index contributed by atoms with van der Waals surface area (Å²) >= 11 is 5.64. The van der Waals surface area contributed by atoms with Crippen LogP contribution in [0.2, 0.25) is 5.02 Å². The van der Waals surface area contributed by atoms with Crippen LogP contribution in [0.15, 0.2) is 18.2 Å². The molecular formula is C13H15ClFNO2. The van der Waals surface area contributed by atoms with E-state index in [0.717, 1.165) is 12.8 Å². The number of nitrogens with one attached hydrogen (secondary N) is 1. The normalized spacial score (nSPS) is 16.4. The van der Waals surface area contributed by atoms with Crippen molar-refractivity contribution in [1.29, 1.82) is 0 Å². The van der Waals surface area contributed by atoms with Crippen molar-refractivity contribution in [3.05, 3.63) is 34.6 Å². The maximum absolute atomic E-state index is 13.7. The number of aliphatic hydroxyl groups is 1. The van der Waals surface area contributed by atoms with Crippen molar-refractivity contribution >= 4 is 17.5 Å². The molecule has 0 bridgehead atoms. The van der Waals surface area contributed by atoms with E-state index in [1.54, 1.807) is 6.07 Å². The smallest absolute Gasteiger partial charge is 0.254 e. The highest BCUT2D eigenvalue weighted by molar-refractivity contribution is 6.31. The second-order valence-corrected chi connectivity index (χ2v) is 4.94. The zero-order valence-electron chi connectivity index (χ0n) is 9.83. The van der Waals surface area contributed by atoms with Crippen molar-refractivity contribution in [3.8, 4) is 0 Å². The average molecular weight is 272 g/mol. The minimum Gasteiger partial charge on any atom is -0.396 e. The van der Waals surface area contributed by atoms with Crippen LogP contribution in [0.1, 0.15) is 29.6 Å². The fourth-order valence-electron chi connectivity index (χ4n) is 1.99. The molecule has 1 aliphatic rings. The minimum atomic E-state index is -0.699. The Kier molecular flexibility index (Phi) is 4.19. The third-order valence-corrected chi connectivity index (χ3v) is 3.44. The number of hydrogen-bond acceptors (Lipinski definition) is 2. The molecular weight excluding hydrogens is 257 g/mol. The average Bonchev–Trinajstić information content (AvgIpc) is 3.16. The van der Waals surface area contributed by atoms with Gasteiger partial charge in [0.15, 0.2) is 5.82 Å². The molecule has 98 valence electrons. The lowest BCUT2D eigenvalue weighted by Gasteiger charge is -2.17. The molecule has 1 aromatic carbocycles. The highest BCUT2D eigenvalue weighted by Crippen LogP contribution is 2.34. The molecule has 1 saturated carbocycles. The van der Waals surface area contributed by atoms with Crippen LogP contribution in [0.25, 0.3) is 0 Å². The van der Waals surface area contributed by atoms with Crippen LogP contribution in [0, 0.1) is 11.7 Å². The van der Waals surface area contributed by atoms with Crippen molar-refractivity contribution < 1.29 is 14.3 Å². The largest absolute Gasteiger partial charge is 0.396 e. The zero-order chi connectivity index (χ0) is 13.1. The van der Waals surface area contributed by atoms with Crippen molar-refractivity contribution in [2.75, 3.05) is 6.61 Å². The Morgan fingerprint density at radius 2 is 2.28 bits per heavy atom. The molecule has 1 aromatic rings. The summed E-state index contributed by atoms with van der Waals surface area (Å²) in [7, 11) is 0. The Labute approximate surface area is 110 Å². The molecule has 2 N–H and O–H groups in total. The Bertz CT molecular complexity index is 449. The molecule has 0 spiro atoms. The van der Waals surface area contributed by atoms with Crippen molar-refractivity contribution in [2.45, 2.75) is 25.3 Å². The standard InChI is InChI=1S/C13H15ClFNO2/c14-10-3-1-2-9(12(10)15)13(18)16-11(6-7-17)8-4-5-8/h1-3,8,11,17H,4-7H2,(H,16,18). The molecule has 18 heavy (non-hydrogen) atoms. The van der Waals surface area contributed by atoms with Gasteiger partial charge in [-0.3, -0.25) is 4.79 Å². The van der Waals surface area contributed by atoms with E-state index in [9.17, 15) is 9.18 Å². The topological polar surface area (TPSA) is 49.3 Å². The van der Waals surface area contributed by atoms with E-state index in [4.69, 9.17) is 16.7 Å². The van der Waals surface area contributed by atoms with Gasteiger partial charge in [0, 0.05) is 12.6 Å². The first-order valence-electron chi connectivity index (χ1n) is 5.99. The number of rotatable bonds is 5. The van der Waals surface area contributed by atoms with E-state index in [1.807, 2.05) is 0 Å². The van der Waals surface area contributed by atoms with Gasteiger partial charge in [0.05, 0.1) is 10.6 Å². The van der Waals surface area contributed by atoms with Crippen LogP contribution in [-0.4, -0.2) is 23.7 Å². The van der Waals surface area contributed by atoms with Crippen molar-refractivity contribution in [1.82, 2.24) is 5.32 Å². The van der Waals surface area contributed by atoms with Gasteiger partial charge >= 0.3 is 0 Å². The van der Waals surface area contributed by atoms with E-state index in [-0.39, 0.29) is 23.2 Å². The van der Waals surface area contributed by atoms with E-state index < -0.39 is 11.7 Å². The molecule has 1 unspecified atom stereocenters. The Morgan fingerprint density at radius 1 is 1.56 bits per heavy atom. The monoisotopic (exact) mass is 271 g/mol. The van der Waals surface area contributed by atoms with Crippen LogP contribution >= 0.6 is 11.6 Å². The van der Waals surface area contributed by atoms with Gasteiger partial charge in [-0.25, -0.2) is 4.39 Å². The van der Waals surface area contributed by atoms with Gasteiger partial charge in [-0.15, -0.1) is 0 Å². The number of carbonyl (C=O) groups is 1. The number of aliphatic hydroxyl groups excluding tert-OH is 1. The van der Waals surface area contributed by atoms with E-state index in [2.05, 4.69) is 5.32 Å². The second-order valence-electron chi connectivity index (χ2n) is 4.53. The third-order valence-electron chi connectivity index (χ3n) is 3.14. The highest BCUT2D eigenvalue weighted by atomic mass is 35.5. The fourth-order valence-corrected chi connectivity index (χ4v) is 2.16. The van der Waals surface area contributed by atoms with Gasteiger partial charge in [-0.2, -0.15) is 0 Å². The molecule has 0 aliphatic heterocycles. The van der Waals surface area contributed by atoms with E-state index in [1.165, 1.54) is 12.1 Å². The first-order chi connectivity index (χ1) is 8.63. The Hall–Kier alpha value is -1.13. The summed E-state index contributed by atoms with van der Waals surface area (Å²) in [5.41, 5.74) is -0.0499. The summed E-state index contributed by atoms with van der Waals surface area (Å²) in [6.07, 6.45) is 2.59. The highest BCUT2D eigenvalue weighted by Gasteiger charge is 2.32. The van der Waals surface area contributed by atoms with Crippen LogP contribution in [0.4, 0.5) is 4.39 Å². The van der Waals surface area contributed by atoms with Crippen LogP contribution in [0.5, 0.6) is 0 Å². The first-order valence-corrected chi connectivity index (χ1v) is 6.37. The van der Waals surface area contributed by atoms with Gasteiger partial charge < -0.3 is 10.4 Å². The molecule has 0 aromatic heterocycles. The fraction of sp³-hybridized carbons (Fsp3) is 0.462. The maximum Gasteiger partial charge on any atom is 0.254 e. The van der Waals surface area contributed by atoms with Gasteiger partial charge in [0.1, 0.15) is 0 Å². The summed E-state index contributed by atoms with van der Waals surface area (Å²) in [6, 6.07) is 4.26. The van der Waals surface area contributed by atoms with Crippen molar-refractivity contribution in [2.24, 2.45) is 5.92 Å². The van der Waals surface area contributed by atoms with Gasteiger partial charge in [0.2, 0.25) is 0 Å². The lowest BCUT2D eigenvalue weighted by atomic mass is 10.1. The molecule has 1 aliphatic carbocycles. The van der Waals surface area contributed by atoms with Gasteiger partial charge in [-0.1, -0.05) is 17.7 Å². The number of benzene rings is 1. The van der Waals surface area contributed by atoms with E-state index in [0.29, 0.717) is 12.3 Å². The predicted molar refractivity (Wildman–Crippen MR) is 67.1 cm³/mol. The number of amides is 1. The Morgan fingerprint density at radius 3 is 2.89 bits per heavy atom. The van der Waals surface area contributed by atoms with Crippen molar-refractivity contribution in [3.63, 3.8) is 0 Å². The molecule has 0 saturated heterocycles. The molecule has 5 heteroatoms. The first kappa shape index (κ1) is 13.3. The summed E-state index contributed by atoms with van der Waals surface area (Å²) in [5.74, 6) is -0.765. The summed E-state index contributed by atoms with van der Waals surface area (Å²) in [5, 5.41) is 11.7. The molecule has 0 radical (unpaired) electrons. The maximum atomic E-state index is 13.7. The summed E-state index contributed by atoms with van der Waals surface area (Å²) in [6.45, 7) is 0.0134. The predicted octanol–water partition coefficient (Wildman–Crippen LogP) is 2.37. The Balaban J connectivity index is 2.08. The molecule has 3 nitrogen and oxygen atoms in total. The quantitative estimate of drug-likeness (QED) is 0.864. The molecule has 1 amide bonds. The third kappa shape index (κ3) is 3.00. The summed E-state index contributed by atoms with van der Waals surface area (Å²) < 4.78 is 13.7. The van der Waals surface area contributed by atoms with E-state index >= 15 is 0 Å². The minimum absolute atomic E-state index is 0.0134. The van der Waals surface area contributed by atoms with Gasteiger partial charge in [0.25, 0.3) is 5.91 Å². The molecule has 2 rings (SSSR count). The summed E-state index contributed by atoms with van der Waals surface area (Å²) in [4.78, 5) is 11.9. The van der Waals surface area contributed by atoms with Crippen LogP contribution in [-0.2, 0) is 0 Å². The lowest BCUT2D eigenvalue weighted by Crippen LogP contribution is -2.37. The number of carbonyl (C=O) groups excluding carboxylic acids is 1. The number of halogens is 2. The molecule has 1 atom stereocenters. The van der Waals surface area contributed by atoms with Crippen LogP contribution < -0.4 is 5.32 Å². The van der Waals surface area contributed by atoms with Gasteiger partial charge in [-0.05, 0) is 37.3 Å². The lowest BCUT2D eigenvalue weighted by molar-refractivity contribution is 0.0920.